The Morgan fingerprint density at radius 2 is 2.07 bits per heavy atom. The van der Waals surface area contributed by atoms with E-state index in [1.54, 1.807) is 4.90 Å². The summed E-state index contributed by atoms with van der Waals surface area (Å²) >= 11 is 0. The van der Waals surface area contributed by atoms with Crippen LogP contribution >= 0.6 is 0 Å². The van der Waals surface area contributed by atoms with Gasteiger partial charge in [0.05, 0.1) is 0 Å². The van der Waals surface area contributed by atoms with E-state index in [4.69, 9.17) is 5.73 Å². The van der Waals surface area contributed by atoms with E-state index in [2.05, 4.69) is 0 Å². The van der Waals surface area contributed by atoms with Crippen LogP contribution in [0.3, 0.4) is 0 Å². The number of carbonyl (C=O) groups excluding carboxylic acids is 2. The first kappa shape index (κ1) is 11.0. The van der Waals surface area contributed by atoms with E-state index in [1.807, 2.05) is 20.8 Å². The number of nitrogens with two attached hydrogens (primary N) is 1. The molecule has 0 aromatic rings. The summed E-state index contributed by atoms with van der Waals surface area (Å²) in [6, 6.07) is -0.199. The minimum absolute atomic E-state index is 0.0440. The van der Waals surface area contributed by atoms with Crippen LogP contribution in [0.5, 0.6) is 0 Å². The second kappa shape index (κ2) is 3.98. The predicted octanol–water partition coefficient (Wildman–Crippen LogP) is 0.507. The van der Waals surface area contributed by atoms with Crippen LogP contribution in [-0.2, 0) is 9.59 Å². The van der Waals surface area contributed by atoms with Gasteiger partial charge in [-0.05, 0) is 19.3 Å². The summed E-state index contributed by atoms with van der Waals surface area (Å²) in [4.78, 5) is 24.2. The fraction of sp³-hybridized carbons (Fsp3) is 0.800. The SMILES string of the molecule is CC(C)CC(=O)N1C(C)CC1C(N)=O. The fourth-order valence-corrected chi connectivity index (χ4v) is 1.85. The molecule has 2 N–H and O–H groups in total. The molecular weight excluding hydrogens is 180 g/mol. The number of rotatable bonds is 3. The lowest BCUT2D eigenvalue weighted by atomic mass is 9.92. The molecule has 0 radical (unpaired) electrons. The van der Waals surface area contributed by atoms with Crippen molar-refractivity contribution >= 4 is 11.8 Å². The summed E-state index contributed by atoms with van der Waals surface area (Å²) in [5.74, 6) is -0.0217. The first-order valence-electron chi connectivity index (χ1n) is 5.04. The van der Waals surface area contributed by atoms with Crippen molar-refractivity contribution in [1.82, 2.24) is 4.90 Å². The molecule has 2 unspecified atom stereocenters. The molecule has 0 saturated carbocycles. The number of nitrogens with zero attached hydrogens (tertiary/aromatic N) is 1. The molecule has 0 bridgehead atoms. The smallest absolute Gasteiger partial charge is 0.240 e. The van der Waals surface area contributed by atoms with Gasteiger partial charge in [0.25, 0.3) is 0 Å². The highest BCUT2D eigenvalue weighted by atomic mass is 16.2. The summed E-state index contributed by atoms with van der Waals surface area (Å²) < 4.78 is 0. The van der Waals surface area contributed by atoms with Crippen LogP contribution in [0.2, 0.25) is 0 Å². The molecule has 1 rings (SSSR count). The van der Waals surface area contributed by atoms with Gasteiger partial charge in [0.15, 0.2) is 0 Å². The van der Waals surface area contributed by atoms with Crippen molar-refractivity contribution in [3.8, 4) is 0 Å². The van der Waals surface area contributed by atoms with E-state index in [0.717, 1.165) is 0 Å². The van der Waals surface area contributed by atoms with E-state index in [-0.39, 0.29) is 23.9 Å². The number of likely N-dealkylation sites (tertiary alicyclic amines) is 1. The van der Waals surface area contributed by atoms with Gasteiger partial charge in [-0.2, -0.15) is 0 Å². The van der Waals surface area contributed by atoms with Gasteiger partial charge in [0, 0.05) is 12.5 Å². The van der Waals surface area contributed by atoms with Crippen molar-refractivity contribution in [1.29, 1.82) is 0 Å². The van der Waals surface area contributed by atoms with Gasteiger partial charge in [0.2, 0.25) is 11.8 Å². The van der Waals surface area contributed by atoms with Crippen LogP contribution in [0, 0.1) is 5.92 Å². The highest BCUT2D eigenvalue weighted by molar-refractivity contribution is 5.88. The highest BCUT2D eigenvalue weighted by Gasteiger charge is 2.41. The molecule has 0 aromatic heterocycles. The normalized spacial score (nSPS) is 26.1. The Morgan fingerprint density at radius 3 is 2.43 bits per heavy atom. The number of hydrogen-bond acceptors (Lipinski definition) is 2. The Balaban J connectivity index is 2.57. The van der Waals surface area contributed by atoms with Crippen LogP contribution in [0.4, 0.5) is 0 Å². The molecule has 0 aromatic carbocycles. The predicted molar refractivity (Wildman–Crippen MR) is 53.4 cm³/mol. The quantitative estimate of drug-likeness (QED) is 0.718. The Morgan fingerprint density at radius 1 is 1.50 bits per heavy atom. The molecule has 1 aliphatic heterocycles. The van der Waals surface area contributed by atoms with Crippen LogP contribution in [0.1, 0.15) is 33.6 Å². The van der Waals surface area contributed by atoms with Gasteiger partial charge >= 0.3 is 0 Å². The molecular formula is C10H18N2O2. The monoisotopic (exact) mass is 198 g/mol. The van der Waals surface area contributed by atoms with Gasteiger partial charge in [-0.1, -0.05) is 13.8 Å². The van der Waals surface area contributed by atoms with Gasteiger partial charge < -0.3 is 10.6 Å². The largest absolute Gasteiger partial charge is 0.368 e. The van der Waals surface area contributed by atoms with Crippen molar-refractivity contribution in [2.24, 2.45) is 11.7 Å². The molecule has 14 heavy (non-hydrogen) atoms. The summed E-state index contributed by atoms with van der Waals surface area (Å²) in [6.45, 7) is 5.92. The maximum absolute atomic E-state index is 11.7. The maximum Gasteiger partial charge on any atom is 0.240 e. The minimum atomic E-state index is -0.389. The average Bonchev–Trinajstić information content (AvgIpc) is 1.97. The molecule has 1 heterocycles. The van der Waals surface area contributed by atoms with Crippen LogP contribution < -0.4 is 5.73 Å². The molecule has 1 fully saturated rings. The molecule has 4 nitrogen and oxygen atoms in total. The Hall–Kier alpha value is -1.06. The van der Waals surface area contributed by atoms with Crippen molar-refractivity contribution in [3.05, 3.63) is 0 Å². The number of carbonyl (C=O) groups is 2. The fourth-order valence-electron chi connectivity index (χ4n) is 1.85. The summed E-state index contributed by atoms with van der Waals surface area (Å²) in [6.07, 6.45) is 1.20. The molecule has 1 saturated heterocycles. The summed E-state index contributed by atoms with van der Waals surface area (Å²) in [5, 5.41) is 0. The number of primary amides is 1. The highest BCUT2D eigenvalue weighted by Crippen LogP contribution is 2.26. The van der Waals surface area contributed by atoms with Crippen LogP contribution in [0.25, 0.3) is 0 Å². The van der Waals surface area contributed by atoms with Gasteiger partial charge in [-0.25, -0.2) is 0 Å². The van der Waals surface area contributed by atoms with Gasteiger partial charge in [-0.3, -0.25) is 9.59 Å². The zero-order valence-electron chi connectivity index (χ0n) is 8.99. The van der Waals surface area contributed by atoms with Crippen molar-refractivity contribution in [2.45, 2.75) is 45.7 Å². The third-order valence-electron chi connectivity index (χ3n) is 2.57. The van der Waals surface area contributed by atoms with Crippen molar-refractivity contribution in [3.63, 3.8) is 0 Å². The van der Waals surface area contributed by atoms with Crippen molar-refractivity contribution in [2.75, 3.05) is 0 Å². The molecule has 2 atom stereocenters. The van der Waals surface area contributed by atoms with E-state index >= 15 is 0 Å². The Labute approximate surface area is 84.4 Å². The minimum Gasteiger partial charge on any atom is -0.368 e. The van der Waals surface area contributed by atoms with Crippen molar-refractivity contribution < 1.29 is 9.59 Å². The van der Waals surface area contributed by atoms with Gasteiger partial charge in [-0.15, -0.1) is 0 Å². The van der Waals surface area contributed by atoms with Gasteiger partial charge in [0.1, 0.15) is 6.04 Å². The summed E-state index contributed by atoms with van der Waals surface area (Å²) in [5.41, 5.74) is 5.19. The first-order valence-corrected chi connectivity index (χ1v) is 5.04. The molecule has 80 valence electrons. The molecule has 0 spiro atoms. The topological polar surface area (TPSA) is 63.4 Å². The summed E-state index contributed by atoms with van der Waals surface area (Å²) in [7, 11) is 0. The molecule has 1 aliphatic rings. The van der Waals surface area contributed by atoms with E-state index in [1.165, 1.54) is 0 Å². The number of hydrogen-bond donors (Lipinski definition) is 1. The zero-order valence-corrected chi connectivity index (χ0v) is 8.99. The van der Waals surface area contributed by atoms with Crippen LogP contribution in [-0.4, -0.2) is 28.8 Å². The standard InChI is InChI=1S/C10H18N2O2/c1-6(2)4-9(13)12-7(3)5-8(12)10(11)14/h6-8H,4-5H2,1-3H3,(H2,11,14). The van der Waals surface area contributed by atoms with Crippen LogP contribution in [0.15, 0.2) is 0 Å². The Kier molecular flexibility index (Phi) is 3.13. The third-order valence-corrected chi connectivity index (χ3v) is 2.57. The van der Waals surface area contributed by atoms with E-state index in [0.29, 0.717) is 18.8 Å². The molecule has 2 amide bonds. The second-order valence-corrected chi connectivity index (χ2v) is 4.40. The van der Waals surface area contributed by atoms with E-state index in [9.17, 15) is 9.59 Å². The zero-order chi connectivity index (χ0) is 10.9. The lowest BCUT2D eigenvalue weighted by molar-refractivity contribution is -0.151. The third kappa shape index (κ3) is 2.05. The number of amides is 2. The lowest BCUT2D eigenvalue weighted by Gasteiger charge is -2.45. The lowest BCUT2D eigenvalue weighted by Crippen LogP contribution is -2.62. The second-order valence-electron chi connectivity index (χ2n) is 4.40. The van der Waals surface area contributed by atoms with E-state index < -0.39 is 0 Å². The molecule has 0 aliphatic carbocycles. The maximum atomic E-state index is 11.7. The molecule has 4 heteroatoms. The first-order chi connectivity index (χ1) is 6.43. The average molecular weight is 198 g/mol. The Bertz CT molecular complexity index is 251.